The molecule has 0 atom stereocenters. The number of nitrogens with one attached hydrogen (secondary N) is 1. The van der Waals surface area contributed by atoms with E-state index in [1.807, 2.05) is 42.2 Å². The van der Waals surface area contributed by atoms with E-state index in [1.165, 1.54) is 5.56 Å². The highest BCUT2D eigenvalue weighted by atomic mass is 16.2. The van der Waals surface area contributed by atoms with E-state index in [0.29, 0.717) is 37.7 Å². The lowest BCUT2D eigenvalue weighted by Gasteiger charge is -2.34. The lowest BCUT2D eigenvalue weighted by Crippen LogP contribution is -2.49. The van der Waals surface area contributed by atoms with Crippen LogP contribution in [0.5, 0.6) is 0 Å². The molecule has 0 aliphatic carbocycles. The van der Waals surface area contributed by atoms with Crippen LogP contribution in [0.4, 0.5) is 17.3 Å². The number of amides is 1. The number of carbonyl (C=O) groups excluding carboxylic acids is 1. The molecule has 142 valence electrons. The molecule has 1 aliphatic heterocycles. The number of aromatic nitrogens is 3. The fourth-order valence-corrected chi connectivity index (χ4v) is 3.18. The number of hydrogen-bond acceptors (Lipinski definition) is 6. The third kappa shape index (κ3) is 4.09. The second-order valence-corrected chi connectivity index (χ2v) is 6.78. The van der Waals surface area contributed by atoms with E-state index in [1.54, 1.807) is 30.9 Å². The molecule has 7 heteroatoms. The zero-order chi connectivity index (χ0) is 19.3. The molecular formula is C21H22N6O. The lowest BCUT2D eigenvalue weighted by atomic mass is 10.2. The smallest absolute Gasteiger partial charge is 0.255 e. The van der Waals surface area contributed by atoms with Crippen molar-refractivity contribution in [1.29, 1.82) is 0 Å². The Labute approximate surface area is 164 Å². The summed E-state index contributed by atoms with van der Waals surface area (Å²) in [5.41, 5.74) is 3.55. The molecule has 7 nitrogen and oxygen atoms in total. The number of nitrogens with zero attached hydrogens (tertiary/aromatic N) is 5. The van der Waals surface area contributed by atoms with Gasteiger partial charge in [0.25, 0.3) is 5.91 Å². The van der Waals surface area contributed by atoms with E-state index in [4.69, 9.17) is 0 Å². The van der Waals surface area contributed by atoms with Crippen molar-refractivity contribution in [2.45, 2.75) is 6.92 Å². The van der Waals surface area contributed by atoms with E-state index >= 15 is 0 Å². The third-order valence-corrected chi connectivity index (χ3v) is 4.73. The average molecular weight is 374 g/mol. The van der Waals surface area contributed by atoms with E-state index in [-0.39, 0.29) is 5.91 Å². The molecule has 1 N–H and O–H groups in total. The van der Waals surface area contributed by atoms with Gasteiger partial charge < -0.3 is 15.1 Å². The van der Waals surface area contributed by atoms with Crippen molar-refractivity contribution in [1.82, 2.24) is 19.9 Å². The topological polar surface area (TPSA) is 74.2 Å². The monoisotopic (exact) mass is 374 g/mol. The molecule has 1 saturated heterocycles. The van der Waals surface area contributed by atoms with Gasteiger partial charge in [0.2, 0.25) is 5.95 Å². The number of carbonyl (C=O) groups is 1. The summed E-state index contributed by atoms with van der Waals surface area (Å²) in [6, 6.07) is 11.8. The zero-order valence-corrected chi connectivity index (χ0v) is 15.7. The molecule has 1 amide bonds. The molecule has 0 saturated carbocycles. The van der Waals surface area contributed by atoms with E-state index in [2.05, 4.69) is 25.2 Å². The molecule has 0 unspecified atom stereocenters. The number of piperazine rings is 1. The molecule has 1 fully saturated rings. The fraction of sp³-hybridized carbons (Fsp3) is 0.238. The van der Waals surface area contributed by atoms with Gasteiger partial charge in [-0.2, -0.15) is 0 Å². The number of anilines is 3. The van der Waals surface area contributed by atoms with Gasteiger partial charge in [0, 0.05) is 50.5 Å². The highest BCUT2D eigenvalue weighted by molar-refractivity contribution is 5.95. The summed E-state index contributed by atoms with van der Waals surface area (Å²) in [4.78, 5) is 29.6. The van der Waals surface area contributed by atoms with Crippen LogP contribution in [0.25, 0.3) is 0 Å². The number of benzene rings is 1. The first-order chi connectivity index (χ1) is 13.7. The lowest BCUT2D eigenvalue weighted by molar-refractivity contribution is 0.0746. The molecule has 0 bridgehead atoms. The highest BCUT2D eigenvalue weighted by Gasteiger charge is 2.23. The first-order valence-electron chi connectivity index (χ1n) is 9.29. The molecule has 28 heavy (non-hydrogen) atoms. The molecule has 0 spiro atoms. The van der Waals surface area contributed by atoms with Gasteiger partial charge >= 0.3 is 0 Å². The summed E-state index contributed by atoms with van der Waals surface area (Å²) < 4.78 is 0. The van der Waals surface area contributed by atoms with Crippen LogP contribution in [-0.4, -0.2) is 51.9 Å². The van der Waals surface area contributed by atoms with E-state index in [9.17, 15) is 4.79 Å². The minimum atomic E-state index is -0.00585. The average Bonchev–Trinajstić information content (AvgIpc) is 2.76. The largest absolute Gasteiger partial charge is 0.354 e. The van der Waals surface area contributed by atoms with E-state index in [0.717, 1.165) is 11.4 Å². The van der Waals surface area contributed by atoms with Crippen molar-refractivity contribution in [2.75, 3.05) is 36.4 Å². The number of rotatable bonds is 4. The number of pyridine rings is 1. The Morgan fingerprint density at radius 1 is 0.964 bits per heavy atom. The Hall–Kier alpha value is -3.48. The Morgan fingerprint density at radius 2 is 1.68 bits per heavy atom. The minimum Gasteiger partial charge on any atom is -0.354 e. The Morgan fingerprint density at radius 3 is 2.39 bits per heavy atom. The minimum absolute atomic E-state index is 0.00585. The Balaban J connectivity index is 1.40. The first kappa shape index (κ1) is 17.9. The zero-order valence-electron chi connectivity index (χ0n) is 15.7. The second kappa shape index (κ2) is 8.04. The Kier molecular flexibility index (Phi) is 5.14. The SMILES string of the molecule is Cc1ccc(Nc2cncc(C(=O)N3CCN(c4ncccn4)CC3)c2)cc1. The summed E-state index contributed by atoms with van der Waals surface area (Å²) >= 11 is 0. The Bertz CT molecular complexity index is 937. The summed E-state index contributed by atoms with van der Waals surface area (Å²) in [5, 5.41) is 3.30. The van der Waals surface area contributed by atoms with Crippen LogP contribution in [0.3, 0.4) is 0 Å². The van der Waals surface area contributed by atoms with Crippen molar-refractivity contribution in [3.05, 3.63) is 72.3 Å². The molecule has 3 heterocycles. The predicted molar refractivity (Wildman–Crippen MR) is 109 cm³/mol. The van der Waals surface area contributed by atoms with Crippen molar-refractivity contribution >= 4 is 23.2 Å². The quantitative estimate of drug-likeness (QED) is 0.757. The molecule has 3 aromatic rings. The molecule has 4 rings (SSSR count). The van der Waals surface area contributed by atoms with Gasteiger partial charge in [-0.05, 0) is 31.2 Å². The van der Waals surface area contributed by atoms with Crippen LogP contribution >= 0.6 is 0 Å². The predicted octanol–water partition coefficient (Wildman–Crippen LogP) is 2.89. The number of aryl methyl sites for hydroxylation is 1. The van der Waals surface area contributed by atoms with Gasteiger partial charge in [-0.25, -0.2) is 9.97 Å². The van der Waals surface area contributed by atoms with Crippen LogP contribution in [0.1, 0.15) is 15.9 Å². The van der Waals surface area contributed by atoms with Gasteiger partial charge in [-0.1, -0.05) is 17.7 Å². The molecular weight excluding hydrogens is 352 g/mol. The molecule has 0 radical (unpaired) electrons. The summed E-state index contributed by atoms with van der Waals surface area (Å²) in [7, 11) is 0. The van der Waals surface area contributed by atoms with Gasteiger partial charge in [-0.15, -0.1) is 0 Å². The summed E-state index contributed by atoms with van der Waals surface area (Å²) in [6.45, 7) is 4.74. The second-order valence-electron chi connectivity index (χ2n) is 6.78. The van der Waals surface area contributed by atoms with Gasteiger partial charge in [0.1, 0.15) is 0 Å². The summed E-state index contributed by atoms with van der Waals surface area (Å²) in [6.07, 6.45) is 6.81. The maximum absolute atomic E-state index is 12.9. The van der Waals surface area contributed by atoms with Crippen molar-refractivity contribution < 1.29 is 4.79 Å². The third-order valence-electron chi connectivity index (χ3n) is 4.73. The van der Waals surface area contributed by atoms with Gasteiger partial charge in [-0.3, -0.25) is 9.78 Å². The van der Waals surface area contributed by atoms with Crippen LogP contribution in [0.15, 0.2) is 61.2 Å². The number of hydrogen-bond donors (Lipinski definition) is 1. The van der Waals surface area contributed by atoms with E-state index < -0.39 is 0 Å². The van der Waals surface area contributed by atoms with Gasteiger partial charge in [0.05, 0.1) is 17.4 Å². The molecule has 2 aromatic heterocycles. The first-order valence-corrected chi connectivity index (χ1v) is 9.29. The maximum Gasteiger partial charge on any atom is 0.255 e. The van der Waals surface area contributed by atoms with Crippen LogP contribution in [0, 0.1) is 6.92 Å². The fourth-order valence-electron chi connectivity index (χ4n) is 3.18. The van der Waals surface area contributed by atoms with Crippen molar-refractivity contribution in [2.24, 2.45) is 0 Å². The van der Waals surface area contributed by atoms with Crippen LogP contribution < -0.4 is 10.2 Å². The summed E-state index contributed by atoms with van der Waals surface area (Å²) in [5.74, 6) is 0.703. The maximum atomic E-state index is 12.9. The molecule has 1 aromatic carbocycles. The molecule has 1 aliphatic rings. The normalized spacial score (nSPS) is 14.0. The van der Waals surface area contributed by atoms with Gasteiger partial charge in [0.15, 0.2) is 0 Å². The van der Waals surface area contributed by atoms with Crippen molar-refractivity contribution in [3.63, 3.8) is 0 Å². The van der Waals surface area contributed by atoms with Crippen LogP contribution in [-0.2, 0) is 0 Å². The standard InChI is InChI=1S/C21H22N6O/c1-16-3-5-18(6-4-16)25-19-13-17(14-22-15-19)20(28)26-9-11-27(12-10-26)21-23-7-2-8-24-21/h2-8,13-15,25H,9-12H2,1H3. The van der Waals surface area contributed by atoms with Crippen LogP contribution in [0.2, 0.25) is 0 Å². The van der Waals surface area contributed by atoms with Crippen molar-refractivity contribution in [3.8, 4) is 0 Å². The highest BCUT2D eigenvalue weighted by Crippen LogP contribution is 2.19.